The minimum Gasteiger partial charge on any atom is -1.00 e. The van der Waals surface area contributed by atoms with E-state index in [0.29, 0.717) is 0 Å². The molecule has 38 valence electrons. The molecule has 6 heteroatoms. The van der Waals surface area contributed by atoms with Gasteiger partial charge in [-0.25, -0.2) is 5.26 Å². The molecule has 0 aromatic heterocycles. The molecule has 0 radical (unpaired) electrons. The van der Waals surface area contributed by atoms with Crippen LogP contribution >= 0.6 is 0 Å². The van der Waals surface area contributed by atoms with E-state index in [-0.39, 0.29) is 31.0 Å². The van der Waals surface area contributed by atoms with E-state index in [1.54, 1.807) is 0 Å². The van der Waals surface area contributed by atoms with Crippen LogP contribution in [0.25, 0.3) is 0 Å². The van der Waals surface area contributed by atoms with Gasteiger partial charge in [-0.05, 0) is 0 Å². The normalized spacial score (nSPS) is 5.29. The van der Waals surface area contributed by atoms with Crippen molar-refractivity contribution in [3.05, 3.63) is 0 Å². The molecule has 0 aliphatic heterocycles. The quantitative estimate of drug-likeness (QED) is 0.271. The minimum atomic E-state index is -2.61. The summed E-state index contributed by atoms with van der Waals surface area (Å²) in [5, 5.41) is 6.50. The summed E-state index contributed by atoms with van der Waals surface area (Å²) in [4.78, 5) is 0. The molecule has 0 aromatic carbocycles. The molecule has 2 N–H and O–H groups in total. The molecule has 0 fully saturated rings. The van der Waals surface area contributed by atoms with Crippen molar-refractivity contribution in [3.63, 3.8) is 0 Å². The van der Waals surface area contributed by atoms with Crippen molar-refractivity contribution in [2.75, 3.05) is 0 Å². The summed E-state index contributed by atoms with van der Waals surface area (Å²) in [5.41, 5.74) is 0. The van der Waals surface area contributed by atoms with Crippen LogP contribution < -0.4 is 29.6 Å². The summed E-state index contributed by atoms with van der Waals surface area (Å²) < 4.78 is 22.8. The van der Waals surface area contributed by atoms with Gasteiger partial charge in [0, 0.05) is 6.57 Å². The maximum Gasteiger partial charge on any atom is 1.00 e. The third kappa shape index (κ3) is 435. The van der Waals surface area contributed by atoms with Crippen LogP contribution in [0.3, 0.4) is 0 Å². The first kappa shape index (κ1) is 15.6. The van der Waals surface area contributed by atoms with E-state index in [2.05, 4.69) is 6.57 Å². The number of rotatable bonds is 0. The van der Waals surface area contributed by atoms with Gasteiger partial charge < -0.3 is 1.43 Å². The van der Waals surface area contributed by atoms with E-state index in [1.807, 2.05) is 0 Å². The van der Waals surface area contributed by atoms with E-state index in [9.17, 15) is 0 Å². The fourth-order valence-electron chi connectivity index (χ4n) is 0. The number of hydrogen-bond acceptors (Lipinski definition) is 2. The maximum atomic E-state index is 8.67. The molecule has 0 saturated carbocycles. The standard InChI is InChI=1S/CHN.Na.H2O3S.H/c1-2;;1-4(2)3;/h1H;;(H2,1,2,3);/q;+1;;-1. The molecule has 7 heavy (non-hydrogen) atoms. The maximum absolute atomic E-state index is 8.67. The number of nitriles is 1. The molecule has 0 bridgehead atoms. The Hall–Kier alpha value is 0.560. The smallest absolute Gasteiger partial charge is 1.00 e. The minimum absolute atomic E-state index is 0. The molecule has 0 unspecified atom stereocenters. The van der Waals surface area contributed by atoms with Gasteiger partial charge in [0.1, 0.15) is 0 Å². The summed E-state index contributed by atoms with van der Waals surface area (Å²) >= 11 is -2.61. The van der Waals surface area contributed by atoms with Crippen molar-refractivity contribution >= 4 is 11.4 Å². The molecular weight excluding hydrogens is 129 g/mol. The van der Waals surface area contributed by atoms with Crippen molar-refractivity contribution in [2.45, 2.75) is 0 Å². The Morgan fingerprint density at radius 3 is 1.57 bits per heavy atom. The zero-order valence-corrected chi connectivity index (χ0v) is 6.55. The Labute approximate surface area is 67.4 Å². The van der Waals surface area contributed by atoms with Gasteiger partial charge in [-0.3, -0.25) is 9.11 Å². The van der Waals surface area contributed by atoms with Crippen molar-refractivity contribution < 1.29 is 44.3 Å². The van der Waals surface area contributed by atoms with Crippen LogP contribution in [0.2, 0.25) is 0 Å². The van der Waals surface area contributed by atoms with Crippen molar-refractivity contribution in [3.8, 4) is 6.57 Å². The third-order valence-corrected chi connectivity index (χ3v) is 0. The van der Waals surface area contributed by atoms with E-state index in [4.69, 9.17) is 18.6 Å². The molecule has 0 saturated heterocycles. The third-order valence-electron chi connectivity index (χ3n) is 0. The molecule has 0 atom stereocenters. The van der Waals surface area contributed by atoms with E-state index >= 15 is 0 Å². The van der Waals surface area contributed by atoms with E-state index < -0.39 is 11.4 Å². The van der Waals surface area contributed by atoms with Crippen LogP contribution in [0.4, 0.5) is 0 Å². The monoisotopic (exact) mass is 133 g/mol. The van der Waals surface area contributed by atoms with Crippen molar-refractivity contribution in [2.24, 2.45) is 0 Å². The predicted octanol–water partition coefficient (Wildman–Crippen LogP) is -3.06. The van der Waals surface area contributed by atoms with Crippen LogP contribution in [0.15, 0.2) is 0 Å². The Morgan fingerprint density at radius 2 is 1.57 bits per heavy atom. The second-order valence-corrected chi connectivity index (χ2v) is 0.692. The molecule has 0 spiro atoms. The zero-order valence-electron chi connectivity index (χ0n) is 4.74. The Kier molecular flexibility index (Phi) is 35.8. The fourth-order valence-corrected chi connectivity index (χ4v) is 0. The van der Waals surface area contributed by atoms with Crippen LogP contribution in [-0.2, 0) is 11.4 Å². The second-order valence-electron chi connectivity index (χ2n) is 0.231. The molecule has 4 nitrogen and oxygen atoms in total. The Morgan fingerprint density at radius 1 is 1.57 bits per heavy atom. The van der Waals surface area contributed by atoms with Gasteiger partial charge in [-0.1, -0.05) is 0 Å². The van der Waals surface area contributed by atoms with Gasteiger partial charge in [0.2, 0.25) is 0 Å². The summed E-state index contributed by atoms with van der Waals surface area (Å²) in [5.74, 6) is 0. The van der Waals surface area contributed by atoms with Gasteiger partial charge in [-0.2, -0.15) is 4.21 Å². The van der Waals surface area contributed by atoms with Gasteiger partial charge in [0.05, 0.1) is 0 Å². The summed E-state index contributed by atoms with van der Waals surface area (Å²) in [6.45, 7) is 3.50. The van der Waals surface area contributed by atoms with Gasteiger partial charge in [0.25, 0.3) is 11.4 Å². The topological polar surface area (TPSA) is 81.3 Å². The molecule has 0 amide bonds. The Bertz CT molecular complexity index is 63.5. The number of hydrogen-bond donors (Lipinski definition) is 2. The molecule has 0 heterocycles. The summed E-state index contributed by atoms with van der Waals surface area (Å²) in [6.07, 6.45) is 0. The van der Waals surface area contributed by atoms with Crippen LogP contribution in [0.1, 0.15) is 1.43 Å². The van der Waals surface area contributed by atoms with Crippen LogP contribution in [0.5, 0.6) is 0 Å². The SMILES string of the molecule is C#N.O=S(O)O.[H-].[Na+]. The zero-order chi connectivity index (χ0) is 5.58. The van der Waals surface area contributed by atoms with Crippen molar-refractivity contribution in [1.29, 1.82) is 5.26 Å². The molecule has 0 rings (SSSR count). The first-order valence-corrected chi connectivity index (χ1v) is 1.85. The summed E-state index contributed by atoms with van der Waals surface area (Å²) in [7, 11) is 0. The first-order valence-electron chi connectivity index (χ1n) is 0.790. The predicted molar refractivity (Wildman–Crippen MR) is 21.2 cm³/mol. The van der Waals surface area contributed by atoms with Gasteiger partial charge >= 0.3 is 29.6 Å². The van der Waals surface area contributed by atoms with E-state index in [0.717, 1.165) is 0 Å². The Balaban J connectivity index is -0.0000000183. The molecule has 0 aliphatic carbocycles. The molecule has 0 aliphatic rings. The first-order chi connectivity index (χ1) is 2.73. The van der Waals surface area contributed by atoms with Gasteiger partial charge in [-0.15, -0.1) is 0 Å². The van der Waals surface area contributed by atoms with Gasteiger partial charge in [0.15, 0.2) is 0 Å². The fraction of sp³-hybridized carbons (Fsp3) is 0. The van der Waals surface area contributed by atoms with Crippen LogP contribution in [-0.4, -0.2) is 13.3 Å². The average molecular weight is 133 g/mol. The van der Waals surface area contributed by atoms with E-state index in [1.165, 1.54) is 0 Å². The van der Waals surface area contributed by atoms with Crippen LogP contribution in [0, 0.1) is 11.8 Å². The summed E-state index contributed by atoms with van der Waals surface area (Å²) in [6, 6.07) is 0. The second kappa shape index (κ2) is 16.0. The average Bonchev–Trinajstić information content (AvgIpc) is 1.41. The molecular formula is CH4NNaO3S. The van der Waals surface area contributed by atoms with Crippen molar-refractivity contribution in [1.82, 2.24) is 0 Å². The molecule has 0 aromatic rings. The largest absolute Gasteiger partial charge is 1.00 e. The number of nitrogens with zero attached hydrogens (tertiary/aromatic N) is 1.